The summed E-state index contributed by atoms with van der Waals surface area (Å²) in [5.74, 6) is -1.83. The van der Waals surface area contributed by atoms with Gasteiger partial charge in [-0.25, -0.2) is 0 Å². The molecule has 1 amide bonds. The zero-order valence-electron chi connectivity index (χ0n) is 10.8. The van der Waals surface area contributed by atoms with E-state index in [4.69, 9.17) is 0 Å². The van der Waals surface area contributed by atoms with Gasteiger partial charge in [0.25, 0.3) is 5.69 Å². The van der Waals surface area contributed by atoms with E-state index < -0.39 is 17.0 Å². The molecule has 0 unspecified atom stereocenters. The average Bonchev–Trinajstić information content (AvgIpc) is 2.46. The van der Waals surface area contributed by atoms with Crippen molar-refractivity contribution in [3.05, 3.63) is 34.4 Å². The number of rotatable bonds is 2. The fraction of sp³-hybridized carbons (Fsp3) is 0.417. The van der Waals surface area contributed by atoms with Crippen LogP contribution in [0.5, 0.6) is 0 Å². The van der Waals surface area contributed by atoms with Crippen molar-refractivity contribution in [3.8, 4) is 0 Å². The minimum atomic E-state index is -4.85. The molecule has 21 heavy (non-hydrogen) atoms. The molecule has 1 saturated heterocycles. The number of carbonyl (C=O) groups excluding carboxylic acids is 1. The summed E-state index contributed by atoms with van der Waals surface area (Å²) >= 11 is 0. The molecule has 2 rings (SSSR count). The number of amides is 1. The normalized spacial score (nSPS) is 16.0. The number of non-ortho nitro benzene ring substituents is 1. The van der Waals surface area contributed by atoms with Crippen LogP contribution in [0.3, 0.4) is 0 Å². The summed E-state index contributed by atoms with van der Waals surface area (Å²) < 4.78 is 36.9. The van der Waals surface area contributed by atoms with Crippen molar-refractivity contribution in [2.75, 3.05) is 31.1 Å². The van der Waals surface area contributed by atoms with E-state index in [1.807, 2.05) is 0 Å². The van der Waals surface area contributed by atoms with Gasteiger partial charge in [-0.05, 0) is 12.1 Å². The number of piperazine rings is 1. The molecular formula is C12H12F3N3O3. The first kappa shape index (κ1) is 15.1. The lowest BCUT2D eigenvalue weighted by Gasteiger charge is -2.36. The summed E-state index contributed by atoms with van der Waals surface area (Å²) in [6.45, 7) is 0.434. The number of benzene rings is 1. The Kier molecular flexibility index (Phi) is 4.01. The molecule has 1 aliphatic heterocycles. The molecule has 0 saturated carbocycles. The molecule has 1 heterocycles. The monoisotopic (exact) mass is 303 g/mol. The third-order valence-electron chi connectivity index (χ3n) is 3.24. The number of halogens is 3. The molecule has 0 atom stereocenters. The SMILES string of the molecule is O=C(N1CCN(c2ccc([N+](=O)[O-])cc2)CC1)C(F)(F)F. The van der Waals surface area contributed by atoms with Gasteiger partial charge in [0, 0.05) is 44.0 Å². The summed E-state index contributed by atoms with van der Waals surface area (Å²) in [7, 11) is 0. The van der Waals surface area contributed by atoms with Crippen molar-refractivity contribution in [2.24, 2.45) is 0 Å². The molecule has 0 aliphatic carbocycles. The molecule has 0 aromatic heterocycles. The van der Waals surface area contributed by atoms with Gasteiger partial charge in [-0.1, -0.05) is 0 Å². The Morgan fingerprint density at radius 3 is 2.05 bits per heavy atom. The lowest BCUT2D eigenvalue weighted by Crippen LogP contribution is -2.52. The molecule has 1 aromatic carbocycles. The van der Waals surface area contributed by atoms with Crippen LogP contribution in [0.25, 0.3) is 0 Å². The van der Waals surface area contributed by atoms with Crippen LogP contribution < -0.4 is 4.90 Å². The van der Waals surface area contributed by atoms with Gasteiger partial charge in [-0.15, -0.1) is 0 Å². The number of carbonyl (C=O) groups is 1. The Balaban J connectivity index is 1.98. The predicted molar refractivity (Wildman–Crippen MR) is 67.9 cm³/mol. The zero-order chi connectivity index (χ0) is 15.6. The Morgan fingerprint density at radius 1 is 1.10 bits per heavy atom. The maximum atomic E-state index is 12.3. The highest BCUT2D eigenvalue weighted by atomic mass is 19.4. The van der Waals surface area contributed by atoms with E-state index in [2.05, 4.69) is 0 Å². The minimum absolute atomic E-state index is 0.0324. The highest BCUT2D eigenvalue weighted by Gasteiger charge is 2.43. The molecule has 6 nitrogen and oxygen atoms in total. The first-order valence-electron chi connectivity index (χ1n) is 6.14. The number of hydrogen-bond acceptors (Lipinski definition) is 4. The number of anilines is 1. The summed E-state index contributed by atoms with van der Waals surface area (Å²) in [5, 5.41) is 10.5. The second-order valence-electron chi connectivity index (χ2n) is 4.55. The second kappa shape index (κ2) is 5.58. The molecule has 0 spiro atoms. The van der Waals surface area contributed by atoms with Crippen LogP contribution in [0.2, 0.25) is 0 Å². The van der Waals surface area contributed by atoms with Gasteiger partial charge in [0.05, 0.1) is 4.92 Å². The smallest absolute Gasteiger partial charge is 0.368 e. The Bertz CT molecular complexity index is 537. The number of nitrogens with zero attached hydrogens (tertiary/aromatic N) is 3. The molecule has 0 radical (unpaired) electrons. The highest BCUT2D eigenvalue weighted by Crippen LogP contribution is 2.23. The van der Waals surface area contributed by atoms with Crippen molar-refractivity contribution in [3.63, 3.8) is 0 Å². The van der Waals surface area contributed by atoms with Crippen molar-refractivity contribution >= 4 is 17.3 Å². The fourth-order valence-corrected chi connectivity index (χ4v) is 2.13. The van der Waals surface area contributed by atoms with Crippen molar-refractivity contribution < 1.29 is 22.9 Å². The largest absolute Gasteiger partial charge is 0.471 e. The van der Waals surface area contributed by atoms with Gasteiger partial charge in [0.15, 0.2) is 0 Å². The molecule has 0 N–H and O–H groups in total. The summed E-state index contributed by atoms with van der Waals surface area (Å²) in [5.41, 5.74) is 0.629. The number of alkyl halides is 3. The number of hydrogen-bond donors (Lipinski definition) is 0. The Morgan fingerprint density at radius 2 is 1.62 bits per heavy atom. The maximum absolute atomic E-state index is 12.3. The second-order valence-corrected chi connectivity index (χ2v) is 4.55. The maximum Gasteiger partial charge on any atom is 0.471 e. The van der Waals surface area contributed by atoms with Crippen LogP contribution in [-0.2, 0) is 4.79 Å². The van der Waals surface area contributed by atoms with Crippen molar-refractivity contribution in [2.45, 2.75) is 6.18 Å². The van der Waals surface area contributed by atoms with Crippen molar-refractivity contribution in [1.29, 1.82) is 0 Å². The molecule has 1 fully saturated rings. The van der Waals surface area contributed by atoms with Gasteiger partial charge in [0.2, 0.25) is 0 Å². The lowest BCUT2D eigenvalue weighted by molar-refractivity contribution is -0.384. The molecule has 1 aliphatic rings. The van der Waals surface area contributed by atoms with E-state index in [9.17, 15) is 28.1 Å². The van der Waals surface area contributed by atoms with Gasteiger partial charge in [0.1, 0.15) is 0 Å². The van der Waals surface area contributed by atoms with Crippen LogP contribution in [0.4, 0.5) is 24.5 Å². The predicted octanol–water partition coefficient (Wildman–Crippen LogP) is 1.81. The first-order chi connectivity index (χ1) is 9.79. The summed E-state index contributed by atoms with van der Waals surface area (Å²) in [4.78, 5) is 23.7. The van der Waals surface area contributed by atoms with E-state index in [1.54, 1.807) is 17.0 Å². The molecular weight excluding hydrogens is 291 g/mol. The number of nitro benzene ring substituents is 1. The molecule has 9 heteroatoms. The van der Waals surface area contributed by atoms with E-state index in [-0.39, 0.29) is 31.9 Å². The molecule has 1 aromatic rings. The van der Waals surface area contributed by atoms with Crippen molar-refractivity contribution in [1.82, 2.24) is 4.90 Å². The number of nitro groups is 1. The fourth-order valence-electron chi connectivity index (χ4n) is 2.13. The standard InChI is InChI=1S/C12H12F3N3O3/c13-12(14,15)11(19)17-7-5-16(6-8-17)9-1-3-10(4-2-9)18(20)21/h1-4H,5-8H2. The van der Waals surface area contributed by atoms with Crippen LogP contribution in [0.15, 0.2) is 24.3 Å². The Labute approximate surface area is 117 Å². The van der Waals surface area contributed by atoms with Gasteiger partial charge in [-0.2, -0.15) is 13.2 Å². The summed E-state index contributed by atoms with van der Waals surface area (Å²) in [6.07, 6.45) is -4.85. The van der Waals surface area contributed by atoms with Crippen LogP contribution >= 0.6 is 0 Å². The molecule has 114 valence electrons. The molecule has 0 bridgehead atoms. The topological polar surface area (TPSA) is 66.7 Å². The summed E-state index contributed by atoms with van der Waals surface area (Å²) in [6, 6.07) is 5.75. The van der Waals surface area contributed by atoms with Crippen LogP contribution in [0, 0.1) is 10.1 Å². The average molecular weight is 303 g/mol. The quantitative estimate of drug-likeness (QED) is 0.617. The van der Waals surface area contributed by atoms with Crippen LogP contribution in [0.1, 0.15) is 0 Å². The van der Waals surface area contributed by atoms with E-state index in [0.29, 0.717) is 5.69 Å². The van der Waals surface area contributed by atoms with Gasteiger partial charge < -0.3 is 9.80 Å². The van der Waals surface area contributed by atoms with E-state index in [0.717, 1.165) is 4.90 Å². The lowest BCUT2D eigenvalue weighted by atomic mass is 10.2. The zero-order valence-corrected chi connectivity index (χ0v) is 10.8. The third-order valence-corrected chi connectivity index (χ3v) is 3.24. The van der Waals surface area contributed by atoms with Crippen LogP contribution in [-0.4, -0.2) is 48.1 Å². The van der Waals surface area contributed by atoms with Gasteiger partial charge >= 0.3 is 12.1 Å². The van der Waals surface area contributed by atoms with Gasteiger partial charge in [-0.3, -0.25) is 14.9 Å². The minimum Gasteiger partial charge on any atom is -0.368 e. The third kappa shape index (κ3) is 3.41. The Hall–Kier alpha value is -2.32. The first-order valence-corrected chi connectivity index (χ1v) is 6.14. The van der Waals surface area contributed by atoms with E-state index in [1.165, 1.54) is 12.1 Å². The van der Waals surface area contributed by atoms with E-state index >= 15 is 0 Å². The highest BCUT2D eigenvalue weighted by molar-refractivity contribution is 5.82.